The minimum Gasteiger partial charge on any atom is -0.486 e. The number of hydrogen-bond donors (Lipinski definition) is 1. The molecule has 4 aromatic rings. The monoisotopic (exact) mass is 452 g/mol. The normalized spacial score (nSPS) is 14.1. The van der Waals surface area contributed by atoms with E-state index < -0.39 is 0 Å². The molecule has 0 bridgehead atoms. The predicted octanol–water partition coefficient (Wildman–Crippen LogP) is 3.23. The van der Waals surface area contributed by atoms with Crippen LogP contribution in [0.15, 0.2) is 35.1 Å². The molecule has 1 aliphatic rings. The van der Waals surface area contributed by atoms with Crippen molar-refractivity contribution in [3.63, 3.8) is 0 Å². The van der Waals surface area contributed by atoms with E-state index in [1.165, 1.54) is 9.56 Å². The van der Waals surface area contributed by atoms with Crippen LogP contribution in [-0.2, 0) is 17.8 Å². The molecule has 1 aliphatic heterocycles. The molecule has 8 nitrogen and oxygen atoms in total. The van der Waals surface area contributed by atoms with Crippen molar-refractivity contribution in [1.29, 1.82) is 0 Å². The number of nitrogens with zero attached hydrogens (tertiary/aromatic N) is 3. The fourth-order valence-corrected chi connectivity index (χ4v) is 5.03. The Morgan fingerprint density at radius 1 is 1.19 bits per heavy atom. The lowest BCUT2D eigenvalue weighted by Crippen LogP contribution is -2.36. The maximum Gasteiger partial charge on any atom is 0.291 e. The van der Waals surface area contributed by atoms with Gasteiger partial charge in [-0.2, -0.15) is 5.10 Å². The zero-order chi connectivity index (χ0) is 22.4. The molecule has 1 unspecified atom stereocenters. The van der Waals surface area contributed by atoms with E-state index in [1.54, 1.807) is 11.3 Å². The number of ether oxygens (including phenoxy) is 2. The molecular formula is C23H24N4O4S. The molecule has 0 fully saturated rings. The summed E-state index contributed by atoms with van der Waals surface area (Å²) < 4.78 is 15.4. The SMILES string of the molecule is CCc1nn(CC(=O)NC(C)c2ccc3c(c2)OCCO3)c(=O)c2cc3sc(C)cc3n12. The van der Waals surface area contributed by atoms with Gasteiger partial charge in [0, 0.05) is 11.3 Å². The molecule has 0 saturated heterocycles. The molecule has 32 heavy (non-hydrogen) atoms. The van der Waals surface area contributed by atoms with Gasteiger partial charge in [0.15, 0.2) is 11.5 Å². The topological polar surface area (TPSA) is 86.9 Å². The fourth-order valence-electron chi connectivity index (χ4n) is 4.08. The maximum atomic E-state index is 13.1. The molecule has 1 aromatic carbocycles. The molecule has 0 spiro atoms. The van der Waals surface area contributed by atoms with Crippen LogP contribution in [0.25, 0.3) is 15.7 Å². The first-order valence-corrected chi connectivity index (χ1v) is 11.5. The van der Waals surface area contributed by atoms with Gasteiger partial charge in [0.1, 0.15) is 31.1 Å². The molecule has 0 aliphatic carbocycles. The Kier molecular flexibility index (Phi) is 5.13. The first-order valence-electron chi connectivity index (χ1n) is 10.6. The second kappa shape index (κ2) is 7.98. The zero-order valence-electron chi connectivity index (χ0n) is 18.2. The van der Waals surface area contributed by atoms with Crippen LogP contribution in [0.3, 0.4) is 0 Å². The van der Waals surface area contributed by atoms with Gasteiger partial charge in [-0.25, -0.2) is 4.68 Å². The summed E-state index contributed by atoms with van der Waals surface area (Å²) in [6.45, 7) is 6.82. The molecule has 0 radical (unpaired) electrons. The molecule has 1 atom stereocenters. The average molecular weight is 453 g/mol. The Balaban J connectivity index is 1.39. The number of benzene rings is 1. The summed E-state index contributed by atoms with van der Waals surface area (Å²) in [5.74, 6) is 1.85. The van der Waals surface area contributed by atoms with Crippen molar-refractivity contribution in [3.8, 4) is 11.5 Å². The van der Waals surface area contributed by atoms with Crippen LogP contribution < -0.4 is 20.3 Å². The summed E-state index contributed by atoms with van der Waals surface area (Å²) in [7, 11) is 0. The van der Waals surface area contributed by atoms with Gasteiger partial charge in [-0.3, -0.25) is 14.0 Å². The van der Waals surface area contributed by atoms with Crippen molar-refractivity contribution in [2.24, 2.45) is 0 Å². The summed E-state index contributed by atoms with van der Waals surface area (Å²) >= 11 is 1.65. The maximum absolute atomic E-state index is 13.1. The average Bonchev–Trinajstić information content (AvgIpc) is 3.31. The minimum atomic E-state index is -0.280. The van der Waals surface area contributed by atoms with Gasteiger partial charge in [0.05, 0.1) is 16.3 Å². The van der Waals surface area contributed by atoms with E-state index >= 15 is 0 Å². The number of rotatable bonds is 5. The van der Waals surface area contributed by atoms with Crippen LogP contribution in [0, 0.1) is 6.92 Å². The van der Waals surface area contributed by atoms with E-state index in [4.69, 9.17) is 9.47 Å². The Labute approximate surface area is 188 Å². The van der Waals surface area contributed by atoms with Crippen molar-refractivity contribution in [3.05, 3.63) is 57.0 Å². The number of nitrogens with one attached hydrogen (secondary N) is 1. The quantitative estimate of drug-likeness (QED) is 0.502. The number of thiophene rings is 1. The summed E-state index contributed by atoms with van der Waals surface area (Å²) in [5, 5.41) is 7.46. The number of aromatic nitrogens is 3. The lowest BCUT2D eigenvalue weighted by molar-refractivity contribution is -0.122. The zero-order valence-corrected chi connectivity index (χ0v) is 19.0. The third-order valence-corrected chi connectivity index (χ3v) is 6.60. The fraction of sp³-hybridized carbons (Fsp3) is 0.348. The number of amides is 1. The van der Waals surface area contributed by atoms with Gasteiger partial charge in [-0.15, -0.1) is 11.3 Å². The molecule has 3 aromatic heterocycles. The molecule has 0 saturated carbocycles. The number of fused-ring (bicyclic) bond motifs is 4. The van der Waals surface area contributed by atoms with E-state index in [2.05, 4.69) is 16.5 Å². The molecule has 9 heteroatoms. The van der Waals surface area contributed by atoms with E-state index in [0.29, 0.717) is 36.7 Å². The summed E-state index contributed by atoms with van der Waals surface area (Å²) in [6.07, 6.45) is 0.644. The first-order chi connectivity index (χ1) is 15.4. The van der Waals surface area contributed by atoms with E-state index in [1.807, 2.05) is 49.4 Å². The van der Waals surface area contributed by atoms with Crippen LogP contribution in [0.2, 0.25) is 0 Å². The number of carbonyl (C=O) groups excluding carboxylic acids is 1. The lowest BCUT2D eigenvalue weighted by atomic mass is 10.1. The van der Waals surface area contributed by atoms with E-state index in [-0.39, 0.29) is 24.1 Å². The van der Waals surface area contributed by atoms with Gasteiger partial charge in [-0.05, 0) is 43.7 Å². The molecule has 166 valence electrons. The molecule has 5 rings (SSSR count). The van der Waals surface area contributed by atoms with Crippen LogP contribution in [0.5, 0.6) is 11.5 Å². The van der Waals surface area contributed by atoms with Gasteiger partial charge in [-0.1, -0.05) is 13.0 Å². The first kappa shape index (κ1) is 20.6. The molecule has 1 amide bonds. The second-order valence-electron chi connectivity index (χ2n) is 7.90. The van der Waals surface area contributed by atoms with Crippen molar-refractivity contribution in [1.82, 2.24) is 19.5 Å². The molecule has 1 N–H and O–H groups in total. The number of hydrogen-bond acceptors (Lipinski definition) is 6. The van der Waals surface area contributed by atoms with Crippen molar-refractivity contribution < 1.29 is 14.3 Å². The summed E-state index contributed by atoms with van der Waals surface area (Å²) in [6, 6.07) is 9.33. The van der Waals surface area contributed by atoms with Gasteiger partial charge in [0.2, 0.25) is 5.91 Å². The van der Waals surface area contributed by atoms with Crippen molar-refractivity contribution >= 4 is 33.0 Å². The Morgan fingerprint density at radius 2 is 1.97 bits per heavy atom. The smallest absolute Gasteiger partial charge is 0.291 e. The molecule has 4 heterocycles. The van der Waals surface area contributed by atoms with Crippen LogP contribution in [0.4, 0.5) is 0 Å². The largest absolute Gasteiger partial charge is 0.486 e. The lowest BCUT2D eigenvalue weighted by Gasteiger charge is -2.21. The van der Waals surface area contributed by atoms with Crippen LogP contribution in [-0.4, -0.2) is 33.3 Å². The Bertz CT molecular complexity index is 1400. The molecular weight excluding hydrogens is 428 g/mol. The highest BCUT2D eigenvalue weighted by molar-refractivity contribution is 7.19. The van der Waals surface area contributed by atoms with Crippen LogP contribution >= 0.6 is 11.3 Å². The minimum absolute atomic E-state index is 0.144. The highest BCUT2D eigenvalue weighted by atomic mass is 32.1. The highest BCUT2D eigenvalue weighted by Crippen LogP contribution is 2.32. The van der Waals surface area contributed by atoms with Gasteiger partial charge >= 0.3 is 0 Å². The Hall–Kier alpha value is -3.33. The van der Waals surface area contributed by atoms with E-state index in [0.717, 1.165) is 21.6 Å². The third-order valence-electron chi connectivity index (χ3n) is 5.61. The second-order valence-corrected chi connectivity index (χ2v) is 9.18. The standard InChI is InChI=1S/C23H24N4O4S/c1-4-21-25-26(23(29)17-11-20-16(27(17)21)9-13(2)32-20)12-22(28)24-14(3)15-5-6-18-19(10-15)31-8-7-30-18/h5-6,9-11,14H,4,7-8,12H2,1-3H3,(H,24,28). The van der Waals surface area contributed by atoms with Crippen molar-refractivity contribution in [2.75, 3.05) is 13.2 Å². The highest BCUT2D eigenvalue weighted by Gasteiger charge is 2.19. The van der Waals surface area contributed by atoms with Crippen LogP contribution in [0.1, 0.15) is 36.2 Å². The van der Waals surface area contributed by atoms with Gasteiger partial charge < -0.3 is 14.8 Å². The van der Waals surface area contributed by atoms with Crippen molar-refractivity contribution in [2.45, 2.75) is 39.8 Å². The van der Waals surface area contributed by atoms with E-state index in [9.17, 15) is 9.59 Å². The summed E-state index contributed by atoms with van der Waals surface area (Å²) in [4.78, 5) is 27.0. The van der Waals surface area contributed by atoms with Gasteiger partial charge in [0.25, 0.3) is 5.56 Å². The number of aryl methyl sites for hydroxylation is 2. The predicted molar refractivity (Wildman–Crippen MR) is 123 cm³/mol. The number of carbonyl (C=O) groups is 1. The summed E-state index contributed by atoms with van der Waals surface area (Å²) in [5.41, 5.74) is 2.17. The Morgan fingerprint density at radius 3 is 2.75 bits per heavy atom. The third kappa shape index (κ3) is 3.52.